The summed E-state index contributed by atoms with van der Waals surface area (Å²) in [7, 11) is -3.78. The number of thiazole rings is 1. The molecule has 9 heteroatoms. The summed E-state index contributed by atoms with van der Waals surface area (Å²) in [5.41, 5.74) is 0.553. The van der Waals surface area contributed by atoms with Gasteiger partial charge in [-0.05, 0) is 19.1 Å². The van der Waals surface area contributed by atoms with Gasteiger partial charge in [0.2, 0.25) is 0 Å². The number of hydrogen-bond acceptors (Lipinski definition) is 6. The number of hydrogen-bond donors (Lipinski definition) is 2. The topological polar surface area (TPSA) is 109 Å². The molecule has 20 heavy (non-hydrogen) atoms. The van der Waals surface area contributed by atoms with Gasteiger partial charge in [0.25, 0.3) is 10.0 Å². The summed E-state index contributed by atoms with van der Waals surface area (Å²) in [6.07, 6.45) is 1.00. The second-order valence-electron chi connectivity index (χ2n) is 3.87. The molecule has 2 N–H and O–H groups in total. The molecular weight excluding hydrogens is 302 g/mol. The van der Waals surface area contributed by atoms with E-state index in [1.807, 2.05) is 6.92 Å². The lowest BCUT2D eigenvalue weighted by atomic mass is 10.3. The molecule has 0 saturated heterocycles. The van der Waals surface area contributed by atoms with Gasteiger partial charge < -0.3 is 5.11 Å². The number of sulfonamides is 1. The van der Waals surface area contributed by atoms with Gasteiger partial charge in [-0.15, -0.1) is 11.3 Å². The fraction of sp³-hybridized carbons (Fsp3) is 0.182. The van der Waals surface area contributed by atoms with Crippen LogP contribution in [0.25, 0.3) is 0 Å². The fourth-order valence-corrected chi connectivity index (χ4v) is 2.94. The standard InChI is InChI=1S/C11H11N3O4S2/c1-7-14-9(6-19-7)5-13-20(17,18)10-3-2-8(4-12-10)11(15)16/h2-4,6,13H,5H2,1H3,(H,15,16). The Balaban J connectivity index is 2.11. The lowest BCUT2D eigenvalue weighted by molar-refractivity contribution is 0.0696. The van der Waals surface area contributed by atoms with Crippen LogP contribution in [0.2, 0.25) is 0 Å². The molecule has 0 radical (unpaired) electrons. The van der Waals surface area contributed by atoms with Crippen LogP contribution in [0.4, 0.5) is 0 Å². The second kappa shape index (κ2) is 5.65. The number of aromatic carboxylic acids is 1. The third kappa shape index (κ3) is 3.38. The molecule has 0 saturated carbocycles. The number of nitrogens with zero attached hydrogens (tertiary/aromatic N) is 2. The fourth-order valence-electron chi connectivity index (χ4n) is 1.40. The molecule has 2 aromatic rings. The number of nitrogens with one attached hydrogen (secondary N) is 1. The Morgan fingerprint density at radius 2 is 2.20 bits per heavy atom. The number of carboxylic acid groups (broad SMARTS) is 1. The molecule has 0 amide bonds. The van der Waals surface area contributed by atoms with Crippen LogP contribution < -0.4 is 4.72 Å². The van der Waals surface area contributed by atoms with Crippen LogP contribution in [-0.2, 0) is 16.6 Å². The van der Waals surface area contributed by atoms with Gasteiger partial charge in [-0.3, -0.25) is 0 Å². The first-order chi connectivity index (χ1) is 9.38. The first kappa shape index (κ1) is 14.6. The minimum absolute atomic E-state index is 0.0645. The number of aryl methyl sites for hydroxylation is 1. The predicted molar refractivity (Wildman–Crippen MR) is 72.1 cm³/mol. The molecule has 0 fully saturated rings. The molecule has 2 heterocycles. The normalized spacial score (nSPS) is 11.4. The maximum Gasteiger partial charge on any atom is 0.337 e. The summed E-state index contributed by atoms with van der Waals surface area (Å²) in [5.74, 6) is -1.16. The van der Waals surface area contributed by atoms with Gasteiger partial charge in [0.1, 0.15) is 0 Å². The van der Waals surface area contributed by atoms with E-state index in [9.17, 15) is 13.2 Å². The largest absolute Gasteiger partial charge is 0.478 e. The predicted octanol–water partition coefficient (Wildman–Crippen LogP) is 1.02. The molecule has 106 valence electrons. The summed E-state index contributed by atoms with van der Waals surface area (Å²) in [5, 5.41) is 11.1. The Morgan fingerprint density at radius 1 is 1.45 bits per heavy atom. The van der Waals surface area contributed by atoms with E-state index in [1.54, 1.807) is 5.38 Å². The summed E-state index contributed by atoms with van der Waals surface area (Å²) < 4.78 is 26.3. The zero-order valence-corrected chi connectivity index (χ0v) is 12.0. The molecule has 0 unspecified atom stereocenters. The van der Waals surface area contributed by atoms with E-state index < -0.39 is 16.0 Å². The molecule has 0 aromatic carbocycles. The van der Waals surface area contributed by atoms with Crippen molar-refractivity contribution in [1.29, 1.82) is 0 Å². The molecular formula is C11H11N3O4S2. The van der Waals surface area contributed by atoms with E-state index in [0.29, 0.717) is 5.69 Å². The van der Waals surface area contributed by atoms with Crippen molar-refractivity contribution in [3.05, 3.63) is 40.0 Å². The van der Waals surface area contributed by atoms with Crippen molar-refractivity contribution in [2.45, 2.75) is 18.5 Å². The van der Waals surface area contributed by atoms with E-state index in [1.165, 1.54) is 17.4 Å². The van der Waals surface area contributed by atoms with Gasteiger partial charge in [0.15, 0.2) is 5.03 Å². The van der Waals surface area contributed by atoms with Gasteiger partial charge in [-0.25, -0.2) is 27.9 Å². The highest BCUT2D eigenvalue weighted by atomic mass is 32.2. The molecule has 0 atom stereocenters. The van der Waals surface area contributed by atoms with Gasteiger partial charge >= 0.3 is 5.97 Å². The number of pyridine rings is 1. The third-order valence-corrected chi connectivity index (χ3v) is 4.51. The van der Waals surface area contributed by atoms with E-state index in [2.05, 4.69) is 14.7 Å². The Bertz CT molecular complexity index is 722. The summed E-state index contributed by atoms with van der Waals surface area (Å²) in [4.78, 5) is 18.4. The average molecular weight is 313 g/mol. The lowest BCUT2D eigenvalue weighted by Crippen LogP contribution is -2.24. The molecule has 7 nitrogen and oxygen atoms in total. The van der Waals surface area contributed by atoms with Crippen molar-refractivity contribution >= 4 is 27.3 Å². The third-order valence-electron chi connectivity index (χ3n) is 2.37. The van der Waals surface area contributed by atoms with Gasteiger partial charge in [-0.2, -0.15) is 0 Å². The van der Waals surface area contributed by atoms with Crippen molar-refractivity contribution in [2.24, 2.45) is 0 Å². The van der Waals surface area contributed by atoms with Crippen LogP contribution in [0.1, 0.15) is 21.1 Å². The van der Waals surface area contributed by atoms with Crippen LogP contribution in [0, 0.1) is 6.92 Å². The SMILES string of the molecule is Cc1nc(CNS(=O)(=O)c2ccc(C(=O)O)cn2)cs1. The number of carbonyl (C=O) groups is 1. The van der Waals surface area contributed by atoms with Crippen LogP contribution in [0.5, 0.6) is 0 Å². The minimum Gasteiger partial charge on any atom is -0.478 e. The van der Waals surface area contributed by atoms with Crippen LogP contribution in [0.3, 0.4) is 0 Å². The van der Waals surface area contributed by atoms with E-state index >= 15 is 0 Å². The Kier molecular flexibility index (Phi) is 4.12. The quantitative estimate of drug-likeness (QED) is 0.853. The molecule has 2 rings (SSSR count). The van der Waals surface area contributed by atoms with Crippen LogP contribution in [-0.4, -0.2) is 29.5 Å². The summed E-state index contributed by atoms with van der Waals surface area (Å²) >= 11 is 1.43. The second-order valence-corrected chi connectivity index (χ2v) is 6.65. The Morgan fingerprint density at radius 3 is 2.70 bits per heavy atom. The van der Waals surface area contributed by atoms with Crippen LogP contribution >= 0.6 is 11.3 Å². The Labute approximate surface area is 119 Å². The van der Waals surface area contributed by atoms with Gasteiger partial charge in [-0.1, -0.05) is 0 Å². The maximum atomic E-state index is 11.9. The van der Waals surface area contributed by atoms with Gasteiger partial charge in [0.05, 0.1) is 22.8 Å². The minimum atomic E-state index is -3.78. The van der Waals surface area contributed by atoms with Crippen molar-refractivity contribution in [2.75, 3.05) is 0 Å². The first-order valence-corrected chi connectivity index (χ1v) is 7.85. The van der Waals surface area contributed by atoms with Crippen molar-refractivity contribution in [1.82, 2.24) is 14.7 Å². The number of carboxylic acids is 1. The van der Waals surface area contributed by atoms with Crippen molar-refractivity contribution in [3.63, 3.8) is 0 Å². The monoisotopic (exact) mass is 313 g/mol. The molecule has 0 aliphatic rings. The highest BCUT2D eigenvalue weighted by molar-refractivity contribution is 7.89. The van der Waals surface area contributed by atoms with Crippen LogP contribution in [0.15, 0.2) is 28.7 Å². The highest BCUT2D eigenvalue weighted by Crippen LogP contribution is 2.10. The van der Waals surface area contributed by atoms with E-state index in [4.69, 9.17) is 5.11 Å². The Hall–Kier alpha value is -1.84. The molecule has 0 spiro atoms. The smallest absolute Gasteiger partial charge is 0.337 e. The molecule has 0 bridgehead atoms. The van der Waals surface area contributed by atoms with E-state index in [0.717, 1.165) is 17.3 Å². The van der Waals surface area contributed by atoms with Gasteiger partial charge in [0, 0.05) is 11.6 Å². The van der Waals surface area contributed by atoms with Crippen molar-refractivity contribution in [3.8, 4) is 0 Å². The molecule has 2 aromatic heterocycles. The first-order valence-electron chi connectivity index (χ1n) is 5.48. The zero-order chi connectivity index (χ0) is 14.8. The maximum absolute atomic E-state index is 11.9. The van der Waals surface area contributed by atoms with E-state index in [-0.39, 0.29) is 17.1 Å². The summed E-state index contributed by atoms with van der Waals surface area (Å²) in [6.45, 7) is 1.89. The summed E-state index contributed by atoms with van der Waals surface area (Å²) in [6, 6.07) is 2.34. The average Bonchev–Trinajstić information content (AvgIpc) is 2.82. The number of aromatic nitrogens is 2. The number of rotatable bonds is 5. The molecule has 0 aliphatic carbocycles. The highest BCUT2D eigenvalue weighted by Gasteiger charge is 2.16. The zero-order valence-electron chi connectivity index (χ0n) is 10.4. The lowest BCUT2D eigenvalue weighted by Gasteiger charge is -2.04. The van der Waals surface area contributed by atoms with Crippen molar-refractivity contribution < 1.29 is 18.3 Å². The molecule has 0 aliphatic heterocycles.